The molecule has 1 aliphatic rings. The quantitative estimate of drug-likeness (QED) is 0.451. The van der Waals surface area contributed by atoms with E-state index < -0.39 is 41.0 Å². The van der Waals surface area contributed by atoms with Crippen LogP contribution in [0.2, 0.25) is 10.0 Å². The van der Waals surface area contributed by atoms with Crippen molar-refractivity contribution in [1.82, 2.24) is 5.32 Å². The first kappa shape index (κ1) is 28.4. The molecule has 11 heteroatoms. The molecular weight excluding hydrogens is 508 g/mol. The van der Waals surface area contributed by atoms with Gasteiger partial charge in [-0.25, -0.2) is 4.79 Å². The minimum absolute atomic E-state index is 0.509. The van der Waals surface area contributed by atoms with Gasteiger partial charge in [-0.1, -0.05) is 61.3 Å². The first-order valence-electron chi connectivity index (χ1n) is 10.5. The molecule has 0 saturated carbocycles. The Labute approximate surface area is 210 Å². The van der Waals surface area contributed by atoms with Crippen LogP contribution in [0.15, 0.2) is 48.5 Å². The van der Waals surface area contributed by atoms with Gasteiger partial charge in [0.2, 0.25) is 0 Å². The number of aliphatic carboxylic acids is 2. The maximum Gasteiger partial charge on any atom is 0.490 e. The number of benzene rings is 2. The molecule has 0 spiro atoms. The molecule has 1 fully saturated rings. The number of nitrogens with zero attached hydrogens (tertiary/aromatic N) is 1. The minimum Gasteiger partial charge on any atom is -0.480 e. The lowest BCUT2D eigenvalue weighted by atomic mass is 9.58. The van der Waals surface area contributed by atoms with E-state index >= 15 is 0 Å². The molecule has 35 heavy (non-hydrogen) atoms. The summed E-state index contributed by atoms with van der Waals surface area (Å²) in [7, 11) is 0. The summed E-state index contributed by atoms with van der Waals surface area (Å²) in [5.41, 5.74) is -0.336. The maximum absolute atomic E-state index is 12.3. The number of nitriles is 1. The van der Waals surface area contributed by atoms with Crippen molar-refractivity contribution in [2.24, 2.45) is 0 Å². The number of carboxylic acid groups (broad SMARTS) is 2. The van der Waals surface area contributed by atoms with Crippen LogP contribution >= 0.6 is 23.2 Å². The van der Waals surface area contributed by atoms with Crippen LogP contribution in [0, 0.1) is 11.3 Å². The molecule has 1 heterocycles. The van der Waals surface area contributed by atoms with Gasteiger partial charge in [0.15, 0.2) is 0 Å². The van der Waals surface area contributed by atoms with Crippen LogP contribution in [-0.4, -0.2) is 39.9 Å². The summed E-state index contributed by atoms with van der Waals surface area (Å²) < 4.78 is 31.7. The maximum atomic E-state index is 12.3. The molecule has 0 aliphatic carbocycles. The first-order chi connectivity index (χ1) is 16.3. The highest BCUT2D eigenvalue weighted by molar-refractivity contribution is 6.30. The van der Waals surface area contributed by atoms with Gasteiger partial charge in [0, 0.05) is 21.5 Å². The van der Waals surface area contributed by atoms with E-state index in [1.807, 2.05) is 32.0 Å². The third-order valence-electron chi connectivity index (χ3n) is 6.39. The van der Waals surface area contributed by atoms with Crippen LogP contribution in [0.5, 0.6) is 0 Å². The van der Waals surface area contributed by atoms with Gasteiger partial charge in [-0.2, -0.15) is 18.4 Å². The topological polar surface area (TPSA) is 110 Å². The largest absolute Gasteiger partial charge is 0.490 e. The zero-order valence-electron chi connectivity index (χ0n) is 18.7. The van der Waals surface area contributed by atoms with Crippen LogP contribution in [0.1, 0.15) is 43.7 Å². The van der Waals surface area contributed by atoms with E-state index in [9.17, 15) is 28.3 Å². The molecule has 188 valence electrons. The summed E-state index contributed by atoms with van der Waals surface area (Å²) >= 11 is 12.3. The summed E-state index contributed by atoms with van der Waals surface area (Å²) in [5.74, 6) is -4.36. The molecule has 0 bridgehead atoms. The summed E-state index contributed by atoms with van der Waals surface area (Å²) in [5, 5.41) is 32.1. The van der Waals surface area contributed by atoms with Gasteiger partial charge >= 0.3 is 18.1 Å². The third kappa shape index (κ3) is 5.40. The number of halogens is 5. The molecule has 2 aromatic rings. The van der Waals surface area contributed by atoms with Crippen LogP contribution in [0.25, 0.3) is 0 Å². The van der Waals surface area contributed by atoms with Gasteiger partial charge in [0.05, 0.1) is 6.07 Å². The van der Waals surface area contributed by atoms with Crippen molar-refractivity contribution in [2.75, 3.05) is 0 Å². The number of hydrogen-bond acceptors (Lipinski definition) is 4. The Morgan fingerprint density at radius 2 is 1.60 bits per heavy atom. The Morgan fingerprint density at radius 1 is 1.06 bits per heavy atom. The van der Waals surface area contributed by atoms with Crippen molar-refractivity contribution in [2.45, 2.75) is 55.8 Å². The second kappa shape index (κ2) is 10.9. The summed E-state index contributed by atoms with van der Waals surface area (Å²) in [6.45, 7) is 3.97. The fraction of sp³-hybridized carbons (Fsp3) is 0.375. The SMILES string of the molecule is CCC1(CC)NC(C(=O)O)C(c2cccc(Cl)c2)C1(C#N)c1ccc(Cl)cc1.O=C(O)C(F)(F)F. The Kier molecular flexibility index (Phi) is 8.82. The standard InChI is InChI=1S/C22H22Cl2N2O2.C2HF3O2/c1-3-21(4-2)22(13-25,15-8-10-16(23)11-9-15)18(19(26-21)20(27)28)14-6-5-7-17(24)12-14;3-2(4,5)1(6)7/h5-12,18-19,26H,3-4H2,1-2H3,(H,27,28);(H,6,7). The van der Waals surface area contributed by atoms with E-state index in [4.69, 9.17) is 33.1 Å². The normalized spacial score (nSPS) is 23.0. The molecule has 0 amide bonds. The van der Waals surface area contributed by atoms with Crippen molar-refractivity contribution >= 4 is 35.1 Å². The van der Waals surface area contributed by atoms with E-state index in [2.05, 4.69) is 11.4 Å². The number of rotatable bonds is 5. The number of alkyl halides is 3. The fourth-order valence-electron chi connectivity index (χ4n) is 4.81. The lowest BCUT2D eigenvalue weighted by Gasteiger charge is -2.43. The molecule has 3 N–H and O–H groups in total. The molecule has 1 saturated heterocycles. The van der Waals surface area contributed by atoms with Gasteiger partial charge in [-0.05, 0) is 48.2 Å². The second-order valence-corrected chi connectivity index (χ2v) is 8.88. The molecule has 3 rings (SSSR count). The zero-order valence-corrected chi connectivity index (χ0v) is 20.2. The van der Waals surface area contributed by atoms with Gasteiger partial charge < -0.3 is 10.2 Å². The number of carbonyl (C=O) groups is 2. The first-order valence-corrected chi connectivity index (χ1v) is 11.3. The van der Waals surface area contributed by atoms with E-state index in [1.54, 1.807) is 30.3 Å². The van der Waals surface area contributed by atoms with E-state index in [0.29, 0.717) is 22.9 Å². The van der Waals surface area contributed by atoms with Crippen LogP contribution in [0.3, 0.4) is 0 Å². The van der Waals surface area contributed by atoms with Crippen LogP contribution in [0.4, 0.5) is 13.2 Å². The minimum atomic E-state index is -5.08. The highest BCUT2D eigenvalue weighted by atomic mass is 35.5. The number of nitrogens with one attached hydrogen (secondary N) is 1. The fourth-order valence-corrected chi connectivity index (χ4v) is 5.14. The van der Waals surface area contributed by atoms with Crippen molar-refractivity contribution in [3.63, 3.8) is 0 Å². The lowest BCUT2D eigenvalue weighted by molar-refractivity contribution is -0.192. The molecular formula is C24H23Cl2F3N2O4. The Bertz CT molecular complexity index is 1110. The summed E-state index contributed by atoms with van der Waals surface area (Å²) in [6, 6.07) is 15.9. The molecule has 3 unspecified atom stereocenters. The van der Waals surface area contributed by atoms with Gasteiger partial charge in [-0.15, -0.1) is 0 Å². The highest BCUT2D eigenvalue weighted by Crippen LogP contribution is 2.56. The number of carboxylic acids is 2. The summed E-state index contributed by atoms with van der Waals surface area (Å²) in [4.78, 5) is 21.1. The molecule has 0 aromatic heterocycles. The van der Waals surface area contributed by atoms with Gasteiger partial charge in [-0.3, -0.25) is 10.1 Å². The lowest BCUT2D eigenvalue weighted by Crippen LogP contribution is -2.54. The molecule has 0 radical (unpaired) electrons. The van der Waals surface area contributed by atoms with Gasteiger partial charge in [0.25, 0.3) is 0 Å². The zero-order chi connectivity index (χ0) is 26.6. The summed E-state index contributed by atoms with van der Waals surface area (Å²) in [6.07, 6.45) is -3.89. The van der Waals surface area contributed by atoms with E-state index in [1.165, 1.54) is 0 Å². The molecule has 2 aromatic carbocycles. The molecule has 3 atom stereocenters. The predicted molar refractivity (Wildman–Crippen MR) is 124 cm³/mol. The van der Waals surface area contributed by atoms with Crippen molar-refractivity contribution in [3.05, 3.63) is 69.7 Å². The smallest absolute Gasteiger partial charge is 0.480 e. The Hall–Kier alpha value is -2.80. The Balaban J connectivity index is 0.000000540. The van der Waals surface area contributed by atoms with Crippen molar-refractivity contribution < 1.29 is 33.0 Å². The highest BCUT2D eigenvalue weighted by Gasteiger charge is 2.65. The number of hydrogen-bond donors (Lipinski definition) is 3. The average Bonchev–Trinajstić information content (AvgIpc) is 3.11. The molecule has 6 nitrogen and oxygen atoms in total. The van der Waals surface area contributed by atoms with Gasteiger partial charge in [0.1, 0.15) is 11.5 Å². The predicted octanol–water partition coefficient (Wildman–Crippen LogP) is 5.79. The van der Waals surface area contributed by atoms with Crippen molar-refractivity contribution in [1.29, 1.82) is 5.26 Å². The average molecular weight is 531 g/mol. The third-order valence-corrected chi connectivity index (χ3v) is 6.87. The van der Waals surface area contributed by atoms with E-state index in [-0.39, 0.29) is 0 Å². The van der Waals surface area contributed by atoms with Crippen LogP contribution in [-0.2, 0) is 15.0 Å². The van der Waals surface area contributed by atoms with E-state index in [0.717, 1.165) is 11.1 Å². The van der Waals surface area contributed by atoms with Crippen LogP contribution < -0.4 is 5.32 Å². The molecule has 1 aliphatic heterocycles. The second-order valence-electron chi connectivity index (χ2n) is 8.01. The van der Waals surface area contributed by atoms with Crippen molar-refractivity contribution in [3.8, 4) is 6.07 Å². The monoisotopic (exact) mass is 530 g/mol. The Morgan fingerprint density at radius 3 is 2.00 bits per heavy atom.